The third-order valence-corrected chi connectivity index (χ3v) is 4.62. The van der Waals surface area contributed by atoms with E-state index in [1.165, 1.54) is 19.3 Å². The summed E-state index contributed by atoms with van der Waals surface area (Å²) in [6.45, 7) is 0.0869. The maximum absolute atomic E-state index is 12.6. The Morgan fingerprint density at radius 1 is 1.27 bits per heavy atom. The molecule has 1 aliphatic carbocycles. The molecule has 0 bridgehead atoms. The van der Waals surface area contributed by atoms with Crippen molar-refractivity contribution in [1.82, 2.24) is 4.90 Å². The second-order valence-corrected chi connectivity index (χ2v) is 6.03. The van der Waals surface area contributed by atoms with E-state index in [0.29, 0.717) is 17.5 Å². The van der Waals surface area contributed by atoms with E-state index in [2.05, 4.69) is 0 Å². The molecule has 0 aromatic heterocycles. The molecule has 5 nitrogen and oxygen atoms in total. The van der Waals surface area contributed by atoms with Crippen molar-refractivity contribution in [3.8, 4) is 5.75 Å². The zero-order valence-electron chi connectivity index (χ0n) is 13.0. The number of ether oxygens (including phenoxy) is 1. The minimum Gasteiger partial charge on any atom is -0.482 e. The van der Waals surface area contributed by atoms with Crippen LogP contribution < -0.4 is 9.64 Å². The second-order valence-electron chi connectivity index (χ2n) is 6.03. The topological polar surface area (TPSA) is 49.9 Å². The quantitative estimate of drug-likeness (QED) is 0.860. The SMILES string of the molecule is CN(C(=O)CN1C(=O)COc2ccccc21)C1CCCCC1. The molecule has 22 heavy (non-hydrogen) atoms. The summed E-state index contributed by atoms with van der Waals surface area (Å²) < 4.78 is 5.41. The van der Waals surface area contributed by atoms with Crippen molar-refractivity contribution in [1.29, 1.82) is 0 Å². The van der Waals surface area contributed by atoms with E-state index < -0.39 is 0 Å². The average molecular weight is 302 g/mol. The number of rotatable bonds is 3. The predicted molar refractivity (Wildman–Crippen MR) is 83.9 cm³/mol. The van der Waals surface area contributed by atoms with Gasteiger partial charge in [-0.25, -0.2) is 0 Å². The van der Waals surface area contributed by atoms with Crippen molar-refractivity contribution in [3.05, 3.63) is 24.3 Å². The third kappa shape index (κ3) is 2.93. The van der Waals surface area contributed by atoms with Gasteiger partial charge in [0.25, 0.3) is 5.91 Å². The lowest BCUT2D eigenvalue weighted by Crippen LogP contribution is -2.48. The third-order valence-electron chi connectivity index (χ3n) is 4.62. The van der Waals surface area contributed by atoms with Crippen molar-refractivity contribution < 1.29 is 14.3 Å². The molecule has 0 radical (unpaired) electrons. The molecule has 1 heterocycles. The van der Waals surface area contributed by atoms with Gasteiger partial charge < -0.3 is 9.64 Å². The van der Waals surface area contributed by atoms with E-state index in [9.17, 15) is 9.59 Å². The Morgan fingerprint density at radius 2 is 2.00 bits per heavy atom. The van der Waals surface area contributed by atoms with Crippen molar-refractivity contribution in [2.75, 3.05) is 25.1 Å². The smallest absolute Gasteiger partial charge is 0.265 e. The molecule has 1 aliphatic heterocycles. The van der Waals surface area contributed by atoms with E-state index in [1.54, 1.807) is 4.90 Å². The van der Waals surface area contributed by atoms with Gasteiger partial charge in [-0.05, 0) is 25.0 Å². The highest BCUT2D eigenvalue weighted by atomic mass is 16.5. The highest BCUT2D eigenvalue weighted by Crippen LogP contribution is 2.31. The van der Waals surface area contributed by atoms with Gasteiger partial charge in [0, 0.05) is 13.1 Å². The van der Waals surface area contributed by atoms with Gasteiger partial charge in [-0.2, -0.15) is 0 Å². The molecule has 0 spiro atoms. The molecule has 3 rings (SSSR count). The molecule has 5 heteroatoms. The fraction of sp³-hybridized carbons (Fsp3) is 0.529. The molecule has 2 aliphatic rings. The van der Waals surface area contributed by atoms with E-state index in [4.69, 9.17) is 4.74 Å². The van der Waals surface area contributed by atoms with Crippen LogP contribution in [0.2, 0.25) is 0 Å². The molecule has 1 saturated carbocycles. The van der Waals surface area contributed by atoms with Crippen molar-refractivity contribution in [2.24, 2.45) is 0 Å². The number of fused-ring (bicyclic) bond motifs is 1. The zero-order chi connectivity index (χ0) is 15.5. The van der Waals surface area contributed by atoms with Crippen molar-refractivity contribution >= 4 is 17.5 Å². The van der Waals surface area contributed by atoms with Crippen LogP contribution in [0.25, 0.3) is 0 Å². The molecule has 1 aromatic rings. The van der Waals surface area contributed by atoms with Gasteiger partial charge >= 0.3 is 0 Å². The first-order chi connectivity index (χ1) is 10.7. The lowest BCUT2D eigenvalue weighted by molar-refractivity contribution is -0.133. The number of hydrogen-bond donors (Lipinski definition) is 0. The second kappa shape index (κ2) is 6.38. The largest absolute Gasteiger partial charge is 0.482 e. The van der Waals surface area contributed by atoms with Gasteiger partial charge in [0.1, 0.15) is 12.3 Å². The zero-order valence-corrected chi connectivity index (χ0v) is 13.0. The normalized spacial score (nSPS) is 18.6. The summed E-state index contributed by atoms with van der Waals surface area (Å²) in [7, 11) is 1.86. The Labute approximate surface area is 130 Å². The van der Waals surface area contributed by atoms with Crippen molar-refractivity contribution in [3.63, 3.8) is 0 Å². The van der Waals surface area contributed by atoms with Crippen molar-refractivity contribution in [2.45, 2.75) is 38.1 Å². The Hall–Kier alpha value is -2.04. The lowest BCUT2D eigenvalue weighted by atomic mass is 9.94. The highest BCUT2D eigenvalue weighted by Gasteiger charge is 2.29. The van der Waals surface area contributed by atoms with Crippen LogP contribution in [-0.4, -0.2) is 43.0 Å². The average Bonchev–Trinajstić information content (AvgIpc) is 2.57. The van der Waals surface area contributed by atoms with Crippen LogP contribution in [0, 0.1) is 0 Å². The number of nitrogens with zero attached hydrogens (tertiary/aromatic N) is 2. The fourth-order valence-corrected chi connectivity index (χ4v) is 3.25. The number of carbonyl (C=O) groups excluding carboxylic acids is 2. The molecule has 0 N–H and O–H groups in total. The first-order valence-electron chi connectivity index (χ1n) is 7.94. The molecule has 0 saturated heterocycles. The number of para-hydroxylation sites is 2. The summed E-state index contributed by atoms with van der Waals surface area (Å²) in [5.41, 5.74) is 0.684. The standard InChI is InChI=1S/C17H22N2O3/c1-18(13-7-3-2-4-8-13)16(20)11-19-14-9-5-6-10-15(14)22-12-17(19)21/h5-6,9-10,13H,2-4,7-8,11-12H2,1H3. The van der Waals surface area contributed by atoms with Gasteiger partial charge in [0.05, 0.1) is 5.69 Å². The summed E-state index contributed by atoms with van der Waals surface area (Å²) in [5.74, 6) is 0.497. The Morgan fingerprint density at radius 3 is 2.77 bits per heavy atom. The summed E-state index contributed by atoms with van der Waals surface area (Å²) in [6, 6.07) is 7.67. The minimum atomic E-state index is -0.163. The molecule has 2 amide bonds. The van der Waals surface area contributed by atoms with E-state index in [1.807, 2.05) is 36.2 Å². The summed E-state index contributed by atoms with van der Waals surface area (Å²) in [4.78, 5) is 28.0. The first-order valence-corrected chi connectivity index (χ1v) is 7.94. The van der Waals surface area contributed by atoms with Gasteiger partial charge in [-0.3, -0.25) is 14.5 Å². The predicted octanol–water partition coefficient (Wildman–Crippen LogP) is 2.20. The maximum Gasteiger partial charge on any atom is 0.265 e. The maximum atomic E-state index is 12.6. The van der Waals surface area contributed by atoms with Crippen LogP contribution in [0.4, 0.5) is 5.69 Å². The Balaban J connectivity index is 1.71. The van der Waals surface area contributed by atoms with E-state index >= 15 is 0 Å². The first kappa shape index (κ1) is 14.9. The molecule has 0 atom stereocenters. The van der Waals surface area contributed by atoms with Gasteiger partial charge in [0.2, 0.25) is 5.91 Å². The minimum absolute atomic E-state index is 0.00254. The molecule has 1 fully saturated rings. The van der Waals surface area contributed by atoms with Crippen LogP contribution in [-0.2, 0) is 9.59 Å². The molecule has 118 valence electrons. The molecule has 0 unspecified atom stereocenters. The van der Waals surface area contributed by atoms with Crippen LogP contribution in [0.15, 0.2) is 24.3 Å². The number of hydrogen-bond acceptors (Lipinski definition) is 3. The Bertz CT molecular complexity index is 567. The van der Waals surface area contributed by atoms with Gasteiger partial charge in [-0.15, -0.1) is 0 Å². The molecule has 1 aromatic carbocycles. The fourth-order valence-electron chi connectivity index (χ4n) is 3.25. The van der Waals surface area contributed by atoms with Crippen LogP contribution in [0.1, 0.15) is 32.1 Å². The lowest BCUT2D eigenvalue weighted by Gasteiger charge is -2.34. The summed E-state index contributed by atoms with van der Waals surface area (Å²) >= 11 is 0. The number of likely N-dealkylation sites (N-methyl/N-ethyl adjacent to an activating group) is 1. The number of carbonyl (C=O) groups is 2. The molecular weight excluding hydrogens is 280 g/mol. The number of benzene rings is 1. The van der Waals surface area contributed by atoms with Gasteiger partial charge in [-0.1, -0.05) is 31.4 Å². The van der Waals surface area contributed by atoms with Crippen LogP contribution in [0.5, 0.6) is 5.75 Å². The summed E-state index contributed by atoms with van der Waals surface area (Å²) in [6.07, 6.45) is 5.75. The summed E-state index contributed by atoms with van der Waals surface area (Å²) in [5, 5.41) is 0. The van der Waals surface area contributed by atoms with Crippen LogP contribution in [0.3, 0.4) is 0 Å². The molecular formula is C17H22N2O3. The van der Waals surface area contributed by atoms with Crippen LogP contribution >= 0.6 is 0 Å². The van der Waals surface area contributed by atoms with E-state index in [-0.39, 0.29) is 25.0 Å². The monoisotopic (exact) mass is 302 g/mol. The number of anilines is 1. The van der Waals surface area contributed by atoms with Gasteiger partial charge in [0.15, 0.2) is 6.61 Å². The number of amides is 2. The highest BCUT2D eigenvalue weighted by molar-refractivity contribution is 6.02. The Kier molecular flexibility index (Phi) is 4.32. The van der Waals surface area contributed by atoms with E-state index in [0.717, 1.165) is 12.8 Å².